The van der Waals surface area contributed by atoms with Gasteiger partial charge < -0.3 is 5.73 Å². The van der Waals surface area contributed by atoms with Crippen LogP contribution < -0.4 is 5.73 Å². The van der Waals surface area contributed by atoms with E-state index in [9.17, 15) is 4.39 Å². The number of aromatic nitrogens is 1. The molecule has 0 saturated carbocycles. The van der Waals surface area contributed by atoms with Crippen molar-refractivity contribution < 1.29 is 4.39 Å². The Balaban J connectivity index is 2.26. The van der Waals surface area contributed by atoms with Gasteiger partial charge in [-0.05, 0) is 65.9 Å². The van der Waals surface area contributed by atoms with Gasteiger partial charge in [0.2, 0.25) is 0 Å². The van der Waals surface area contributed by atoms with Gasteiger partial charge in [0.1, 0.15) is 5.82 Å². The highest BCUT2D eigenvalue weighted by Crippen LogP contribution is 2.37. The number of aryl methyl sites for hydroxylation is 2. The maximum Gasteiger partial charge on any atom is 0.154 e. The molecule has 0 radical (unpaired) electrons. The van der Waals surface area contributed by atoms with Crippen LogP contribution in [0, 0.1) is 19.7 Å². The summed E-state index contributed by atoms with van der Waals surface area (Å²) in [7, 11) is 0. The third-order valence-corrected chi connectivity index (χ3v) is 4.24. The van der Waals surface area contributed by atoms with Gasteiger partial charge in [0.15, 0.2) is 5.82 Å². The van der Waals surface area contributed by atoms with Crippen molar-refractivity contribution in [1.82, 2.24) is 4.98 Å². The second-order valence-electron chi connectivity index (χ2n) is 5.81. The normalized spacial score (nSPS) is 11.2. The molecule has 0 bridgehead atoms. The van der Waals surface area contributed by atoms with Gasteiger partial charge in [-0.25, -0.2) is 14.4 Å². The van der Waals surface area contributed by atoms with Crippen molar-refractivity contribution in [2.24, 2.45) is 10.7 Å². The quantitative estimate of drug-likeness (QED) is 0.503. The van der Waals surface area contributed by atoms with Crippen molar-refractivity contribution in [3.05, 3.63) is 70.6 Å². The lowest BCUT2D eigenvalue weighted by Crippen LogP contribution is -1.93. The van der Waals surface area contributed by atoms with E-state index in [2.05, 4.69) is 22.1 Å². The molecule has 3 aromatic rings. The molecule has 2 aromatic carbocycles. The highest BCUT2D eigenvalue weighted by molar-refractivity contribution is 6.31. The molecular weight excluding hydrogens is 337 g/mol. The van der Waals surface area contributed by atoms with Crippen LogP contribution in [0.1, 0.15) is 11.1 Å². The summed E-state index contributed by atoms with van der Waals surface area (Å²) < 4.78 is 13.6. The average molecular weight is 354 g/mol. The maximum atomic E-state index is 13.6. The Hall–Kier alpha value is -2.72. The fraction of sp³-hybridized carbons (Fsp3) is 0.100. The lowest BCUT2D eigenvalue weighted by molar-refractivity contribution is 0.628. The first-order chi connectivity index (χ1) is 12.0. The summed E-state index contributed by atoms with van der Waals surface area (Å²) >= 11 is 5.99. The lowest BCUT2D eigenvalue weighted by atomic mass is 9.89. The molecule has 25 heavy (non-hydrogen) atoms. The monoisotopic (exact) mass is 353 g/mol. The molecular formula is C20H17ClFN3. The van der Waals surface area contributed by atoms with E-state index >= 15 is 0 Å². The van der Waals surface area contributed by atoms with Crippen molar-refractivity contribution >= 4 is 23.8 Å². The van der Waals surface area contributed by atoms with Crippen LogP contribution in [0.25, 0.3) is 22.3 Å². The molecule has 1 aromatic heterocycles. The Morgan fingerprint density at radius 2 is 1.88 bits per heavy atom. The van der Waals surface area contributed by atoms with Crippen LogP contribution in [0.3, 0.4) is 0 Å². The number of hydrogen-bond donors (Lipinski definition) is 1. The van der Waals surface area contributed by atoms with E-state index in [1.54, 1.807) is 18.3 Å². The van der Waals surface area contributed by atoms with Crippen LogP contribution in [-0.4, -0.2) is 11.3 Å². The van der Waals surface area contributed by atoms with Gasteiger partial charge in [0, 0.05) is 6.20 Å². The van der Waals surface area contributed by atoms with E-state index in [1.807, 2.05) is 26.0 Å². The summed E-state index contributed by atoms with van der Waals surface area (Å²) in [6.45, 7) is 4.07. The van der Waals surface area contributed by atoms with E-state index in [1.165, 1.54) is 12.4 Å². The zero-order valence-electron chi connectivity index (χ0n) is 13.9. The van der Waals surface area contributed by atoms with Gasteiger partial charge in [-0.15, -0.1) is 0 Å². The number of pyridine rings is 1. The Kier molecular flexibility index (Phi) is 4.81. The Morgan fingerprint density at radius 3 is 2.60 bits per heavy atom. The summed E-state index contributed by atoms with van der Waals surface area (Å²) in [5.74, 6) is 0.0995. The molecule has 5 heteroatoms. The van der Waals surface area contributed by atoms with Gasteiger partial charge in [0.05, 0.1) is 11.4 Å². The number of hydrogen-bond acceptors (Lipinski definition) is 2. The van der Waals surface area contributed by atoms with Crippen molar-refractivity contribution in [3.8, 4) is 22.3 Å². The average Bonchev–Trinajstić information content (AvgIpc) is 2.57. The van der Waals surface area contributed by atoms with Crippen LogP contribution in [0.15, 0.2) is 53.7 Å². The highest BCUT2D eigenvalue weighted by Gasteiger charge is 2.13. The zero-order valence-corrected chi connectivity index (χ0v) is 14.7. The van der Waals surface area contributed by atoms with E-state index in [0.717, 1.165) is 33.4 Å². The molecule has 0 aliphatic carbocycles. The molecule has 0 atom stereocenters. The van der Waals surface area contributed by atoms with Gasteiger partial charge in [-0.1, -0.05) is 35.4 Å². The second kappa shape index (κ2) is 7.03. The molecule has 126 valence electrons. The Bertz CT molecular complexity index is 967. The molecule has 0 aliphatic rings. The van der Waals surface area contributed by atoms with E-state index in [0.29, 0.717) is 5.82 Å². The molecule has 0 unspecified atom stereocenters. The molecule has 0 spiro atoms. The fourth-order valence-corrected chi connectivity index (χ4v) is 3.14. The first-order valence-electron chi connectivity index (χ1n) is 7.77. The molecule has 0 aliphatic heterocycles. The summed E-state index contributed by atoms with van der Waals surface area (Å²) in [5.41, 5.74) is 11.4. The molecule has 0 saturated heterocycles. The van der Waals surface area contributed by atoms with Crippen molar-refractivity contribution in [2.45, 2.75) is 13.8 Å². The zero-order chi connectivity index (χ0) is 18.0. The SMILES string of the molecule is Cc1cc(C)c(-c2ccc(F)c(Cl)c2)c(-c2ccnc(N=CN)c2)c1. The Morgan fingerprint density at radius 1 is 1.08 bits per heavy atom. The molecule has 1 heterocycles. The van der Waals surface area contributed by atoms with Crippen molar-refractivity contribution in [2.75, 3.05) is 0 Å². The van der Waals surface area contributed by atoms with Gasteiger partial charge in [0.25, 0.3) is 0 Å². The van der Waals surface area contributed by atoms with E-state index < -0.39 is 5.82 Å². The number of rotatable bonds is 3. The van der Waals surface area contributed by atoms with Crippen LogP contribution in [0.4, 0.5) is 10.2 Å². The van der Waals surface area contributed by atoms with Crippen LogP contribution in [-0.2, 0) is 0 Å². The number of nitrogens with two attached hydrogens (primary N) is 1. The predicted molar refractivity (Wildman–Crippen MR) is 102 cm³/mol. The lowest BCUT2D eigenvalue weighted by Gasteiger charge is -2.15. The molecule has 0 fully saturated rings. The predicted octanol–water partition coefficient (Wildman–Crippen LogP) is 5.44. The number of nitrogens with zero attached hydrogens (tertiary/aromatic N) is 2. The first kappa shape index (κ1) is 17.1. The third kappa shape index (κ3) is 3.54. The smallest absolute Gasteiger partial charge is 0.154 e. The van der Waals surface area contributed by atoms with Gasteiger partial charge in [-0.3, -0.25) is 0 Å². The number of aliphatic imine (C=N–C) groups is 1. The minimum atomic E-state index is -0.430. The molecule has 3 nitrogen and oxygen atoms in total. The van der Waals surface area contributed by atoms with E-state index in [-0.39, 0.29) is 5.02 Å². The standard InChI is InChI=1S/C20H17ClFN3/c1-12-7-13(2)20(15-3-4-18(22)17(21)9-15)16(8-12)14-5-6-24-19(10-14)25-11-23/h3-11H,1-2H3,(H2,23,24,25). The minimum Gasteiger partial charge on any atom is -0.390 e. The molecule has 3 rings (SSSR count). The number of halogens is 2. The number of benzene rings is 2. The molecule has 2 N–H and O–H groups in total. The second-order valence-corrected chi connectivity index (χ2v) is 6.22. The summed E-state index contributed by atoms with van der Waals surface area (Å²) in [6.07, 6.45) is 2.91. The van der Waals surface area contributed by atoms with Crippen molar-refractivity contribution in [1.29, 1.82) is 0 Å². The fourth-order valence-electron chi connectivity index (χ4n) is 2.96. The first-order valence-corrected chi connectivity index (χ1v) is 8.14. The summed E-state index contributed by atoms with van der Waals surface area (Å²) in [4.78, 5) is 8.22. The maximum absolute atomic E-state index is 13.6. The van der Waals surface area contributed by atoms with Crippen LogP contribution in [0.2, 0.25) is 5.02 Å². The topological polar surface area (TPSA) is 51.3 Å². The van der Waals surface area contributed by atoms with Gasteiger partial charge >= 0.3 is 0 Å². The minimum absolute atomic E-state index is 0.103. The van der Waals surface area contributed by atoms with E-state index in [4.69, 9.17) is 17.3 Å². The molecule has 0 amide bonds. The largest absolute Gasteiger partial charge is 0.390 e. The summed E-state index contributed by atoms with van der Waals surface area (Å²) in [6, 6.07) is 12.7. The summed E-state index contributed by atoms with van der Waals surface area (Å²) in [5, 5.41) is 0.103. The van der Waals surface area contributed by atoms with Gasteiger partial charge in [-0.2, -0.15) is 0 Å². The van der Waals surface area contributed by atoms with Crippen molar-refractivity contribution in [3.63, 3.8) is 0 Å². The highest BCUT2D eigenvalue weighted by atomic mass is 35.5. The Labute approximate surface area is 151 Å². The van der Waals surface area contributed by atoms with Crippen LogP contribution in [0.5, 0.6) is 0 Å². The third-order valence-electron chi connectivity index (χ3n) is 3.95. The van der Waals surface area contributed by atoms with Crippen LogP contribution >= 0.6 is 11.6 Å².